The summed E-state index contributed by atoms with van der Waals surface area (Å²) in [6, 6.07) is 67.7. The molecule has 2 aliphatic rings. The number of hydrogen-bond donors (Lipinski definition) is 0. The fourth-order valence-electron chi connectivity index (χ4n) is 10.4. The fraction of sp³-hybridized carbons (Fsp3) is 0.0357. The van der Waals surface area contributed by atoms with Crippen LogP contribution in [-0.2, 0) is 0 Å². The van der Waals surface area contributed by atoms with Crippen molar-refractivity contribution < 1.29 is 0 Å². The highest BCUT2D eigenvalue weighted by atomic mass is 15.0. The Kier molecular flexibility index (Phi) is 6.59. The van der Waals surface area contributed by atoms with Gasteiger partial charge in [-0.15, -0.1) is 0 Å². The number of fused-ring (bicyclic) bond motifs is 10. The summed E-state index contributed by atoms with van der Waals surface area (Å²) in [5.41, 5.74) is 17.8. The van der Waals surface area contributed by atoms with Crippen molar-refractivity contribution in [1.82, 2.24) is 9.13 Å². The molecule has 0 aliphatic heterocycles. The average Bonchev–Trinajstić information content (AvgIpc) is 3.93. The minimum absolute atomic E-state index is 1.11. The summed E-state index contributed by atoms with van der Waals surface area (Å²) in [4.78, 5) is 0. The molecule has 0 saturated heterocycles. The minimum Gasteiger partial charge on any atom is -0.309 e. The van der Waals surface area contributed by atoms with Gasteiger partial charge in [-0.3, -0.25) is 0 Å². The maximum absolute atomic E-state index is 2.50. The van der Waals surface area contributed by atoms with Crippen LogP contribution in [0.4, 0.5) is 0 Å². The lowest BCUT2D eigenvalue weighted by molar-refractivity contribution is 1.06. The van der Waals surface area contributed by atoms with Crippen molar-refractivity contribution >= 4 is 76.3 Å². The molecule has 2 nitrogen and oxygen atoms in total. The van der Waals surface area contributed by atoms with Crippen LogP contribution in [0, 0.1) is 0 Å². The summed E-state index contributed by atoms with van der Waals surface area (Å²) in [5.74, 6) is 0. The number of hydrogen-bond acceptors (Lipinski definition) is 0. The van der Waals surface area contributed by atoms with Crippen LogP contribution in [0.5, 0.6) is 0 Å². The van der Waals surface area contributed by atoms with E-state index in [0.717, 1.165) is 12.8 Å². The van der Waals surface area contributed by atoms with E-state index in [1.165, 1.54) is 121 Å². The molecule has 0 saturated carbocycles. The largest absolute Gasteiger partial charge is 0.309 e. The molecule has 11 aromatic rings. The zero-order chi connectivity index (χ0) is 37.9. The summed E-state index contributed by atoms with van der Waals surface area (Å²) >= 11 is 0. The molecular weight excluding hydrogens is 701 g/mol. The standard InChI is InChI=1S/C56H36N2/c1-2-14-39(15-3-1)57-52-23-9-8-20-45(52)46-27-25-37(34-54(46)57)36-26-31-53-51(33-36)50-28-24-35-12-4-5-17-42(35)56(50)58(53)40-16-10-13-38(32-40)41-29-30-49-44-19-7-6-18-43(44)48-22-11-21-47(41)55(48)49/h1-6,8-18,20-34H,7,19H2. The first kappa shape index (κ1) is 31.7. The summed E-state index contributed by atoms with van der Waals surface area (Å²) < 4.78 is 4.91. The van der Waals surface area contributed by atoms with Crippen molar-refractivity contribution in [3.8, 4) is 33.6 Å². The molecule has 0 radical (unpaired) electrons. The smallest absolute Gasteiger partial charge is 0.0619 e. The molecule has 0 spiro atoms. The van der Waals surface area contributed by atoms with Gasteiger partial charge in [-0.25, -0.2) is 0 Å². The van der Waals surface area contributed by atoms with E-state index >= 15 is 0 Å². The molecule has 0 atom stereocenters. The number of rotatable bonds is 4. The highest BCUT2D eigenvalue weighted by Gasteiger charge is 2.25. The summed E-state index contributed by atoms with van der Waals surface area (Å²) in [7, 11) is 0. The molecule has 0 unspecified atom stereocenters. The highest BCUT2D eigenvalue weighted by Crippen LogP contribution is 2.49. The number of nitrogens with zero attached hydrogens (tertiary/aromatic N) is 2. The molecule has 0 bridgehead atoms. The Morgan fingerprint density at radius 2 is 1.10 bits per heavy atom. The number of para-hydroxylation sites is 2. The van der Waals surface area contributed by atoms with E-state index in [-0.39, 0.29) is 0 Å². The predicted octanol–water partition coefficient (Wildman–Crippen LogP) is 15.1. The Bertz CT molecular complexity index is 3610. The van der Waals surface area contributed by atoms with Gasteiger partial charge in [0.15, 0.2) is 0 Å². The summed E-state index contributed by atoms with van der Waals surface area (Å²) in [6.07, 6.45) is 6.90. The van der Waals surface area contributed by atoms with Crippen molar-refractivity contribution in [3.05, 3.63) is 205 Å². The molecule has 0 amide bonds. The van der Waals surface area contributed by atoms with Crippen LogP contribution in [-0.4, -0.2) is 9.13 Å². The molecule has 2 heterocycles. The topological polar surface area (TPSA) is 9.86 Å². The van der Waals surface area contributed by atoms with Gasteiger partial charge < -0.3 is 9.13 Å². The maximum Gasteiger partial charge on any atom is 0.0619 e. The molecule has 13 rings (SSSR count). The van der Waals surface area contributed by atoms with Crippen molar-refractivity contribution in [2.24, 2.45) is 0 Å². The maximum atomic E-state index is 2.50. The Balaban J connectivity index is 1.01. The predicted molar refractivity (Wildman–Crippen MR) is 246 cm³/mol. The average molecular weight is 737 g/mol. The zero-order valence-electron chi connectivity index (χ0n) is 31.8. The molecule has 58 heavy (non-hydrogen) atoms. The Morgan fingerprint density at radius 1 is 0.379 bits per heavy atom. The molecule has 2 aliphatic carbocycles. The second-order valence-electron chi connectivity index (χ2n) is 15.9. The number of allylic oxidation sites excluding steroid dienone is 4. The third kappa shape index (κ3) is 4.43. The molecule has 2 aromatic heterocycles. The summed E-state index contributed by atoms with van der Waals surface area (Å²) in [5, 5.41) is 10.3. The quantitative estimate of drug-likeness (QED) is 0.170. The minimum atomic E-state index is 1.11. The van der Waals surface area contributed by atoms with Gasteiger partial charge >= 0.3 is 0 Å². The van der Waals surface area contributed by atoms with Gasteiger partial charge in [0, 0.05) is 38.3 Å². The monoisotopic (exact) mass is 736 g/mol. The van der Waals surface area contributed by atoms with Gasteiger partial charge in [-0.1, -0.05) is 146 Å². The van der Waals surface area contributed by atoms with E-state index in [2.05, 4.69) is 203 Å². The number of aromatic nitrogens is 2. The van der Waals surface area contributed by atoms with E-state index in [4.69, 9.17) is 0 Å². The molecule has 270 valence electrons. The van der Waals surface area contributed by atoms with E-state index in [1.54, 1.807) is 0 Å². The third-order valence-corrected chi connectivity index (χ3v) is 12.9. The van der Waals surface area contributed by atoms with Crippen LogP contribution >= 0.6 is 0 Å². The van der Waals surface area contributed by atoms with Gasteiger partial charge in [0.1, 0.15) is 0 Å². The van der Waals surface area contributed by atoms with Crippen LogP contribution in [0.3, 0.4) is 0 Å². The number of benzene rings is 9. The lowest BCUT2D eigenvalue weighted by atomic mass is 9.93. The molecule has 0 fully saturated rings. The van der Waals surface area contributed by atoms with Crippen LogP contribution in [0.1, 0.15) is 24.0 Å². The van der Waals surface area contributed by atoms with E-state index < -0.39 is 0 Å². The SMILES string of the molecule is C1=CC2=C(CC1)c1ccc(-c3cccc(-n4c5ccc(-c6ccc7c8ccccc8n(-c8ccccc8)c7c6)cc5c5ccc6ccccc6c54)c3)c3cccc2c13. The van der Waals surface area contributed by atoms with Crippen LogP contribution < -0.4 is 0 Å². The van der Waals surface area contributed by atoms with E-state index in [0.29, 0.717) is 0 Å². The third-order valence-electron chi connectivity index (χ3n) is 12.9. The lowest BCUT2D eigenvalue weighted by Gasteiger charge is -2.14. The first-order chi connectivity index (χ1) is 28.8. The van der Waals surface area contributed by atoms with Crippen molar-refractivity contribution in [2.45, 2.75) is 12.8 Å². The second kappa shape index (κ2) is 12.0. The normalized spacial score (nSPS) is 13.6. The molecule has 2 heteroatoms. The Morgan fingerprint density at radius 3 is 2.05 bits per heavy atom. The highest BCUT2D eigenvalue weighted by molar-refractivity contribution is 6.21. The van der Waals surface area contributed by atoms with Gasteiger partial charge in [-0.2, -0.15) is 0 Å². The van der Waals surface area contributed by atoms with Crippen LogP contribution in [0.25, 0.3) is 110 Å². The molecule has 0 N–H and O–H groups in total. The molecule has 9 aromatic carbocycles. The van der Waals surface area contributed by atoms with Crippen molar-refractivity contribution in [1.29, 1.82) is 0 Å². The Hall–Kier alpha value is -7.42. The Labute approximate surface area is 335 Å². The van der Waals surface area contributed by atoms with Gasteiger partial charge in [0.25, 0.3) is 0 Å². The first-order valence-corrected chi connectivity index (χ1v) is 20.4. The zero-order valence-corrected chi connectivity index (χ0v) is 31.8. The molecular formula is C56H36N2. The van der Waals surface area contributed by atoms with Crippen molar-refractivity contribution in [3.63, 3.8) is 0 Å². The first-order valence-electron chi connectivity index (χ1n) is 20.4. The van der Waals surface area contributed by atoms with Gasteiger partial charge in [0.05, 0.1) is 22.1 Å². The van der Waals surface area contributed by atoms with Crippen LogP contribution in [0.15, 0.2) is 194 Å². The van der Waals surface area contributed by atoms with Gasteiger partial charge in [-0.05, 0) is 122 Å². The van der Waals surface area contributed by atoms with Gasteiger partial charge in [0.2, 0.25) is 0 Å². The van der Waals surface area contributed by atoms with Crippen LogP contribution in [0.2, 0.25) is 0 Å². The fourth-order valence-corrected chi connectivity index (χ4v) is 10.4. The van der Waals surface area contributed by atoms with E-state index in [1.807, 2.05) is 0 Å². The second-order valence-corrected chi connectivity index (χ2v) is 15.9. The van der Waals surface area contributed by atoms with E-state index in [9.17, 15) is 0 Å². The summed E-state index contributed by atoms with van der Waals surface area (Å²) in [6.45, 7) is 0. The lowest BCUT2D eigenvalue weighted by Crippen LogP contribution is -1.95. The van der Waals surface area contributed by atoms with Crippen molar-refractivity contribution in [2.75, 3.05) is 0 Å².